The van der Waals surface area contributed by atoms with Gasteiger partial charge in [-0.3, -0.25) is 9.59 Å². The van der Waals surface area contributed by atoms with Gasteiger partial charge in [-0.15, -0.1) is 0 Å². The molecule has 2 rings (SSSR count). The summed E-state index contributed by atoms with van der Waals surface area (Å²) < 4.78 is 13.7. The molecule has 1 heterocycles. The number of likely N-dealkylation sites (N-methyl/N-ethyl adjacent to an activating group) is 1. The third kappa shape index (κ3) is 4.28. The molecule has 0 bridgehead atoms. The fourth-order valence-corrected chi connectivity index (χ4v) is 2.60. The fraction of sp³-hybridized carbons (Fsp3) is 0.529. The summed E-state index contributed by atoms with van der Waals surface area (Å²) in [6.45, 7) is 6.68. The number of piperazine rings is 1. The maximum atomic E-state index is 13.7. The smallest absolute Gasteiger partial charge is 0.254 e. The summed E-state index contributed by atoms with van der Waals surface area (Å²) in [5.74, 6) is -1.31. The van der Waals surface area contributed by atoms with Gasteiger partial charge in [-0.05, 0) is 25.1 Å². The van der Waals surface area contributed by atoms with Crippen LogP contribution >= 0.6 is 0 Å². The van der Waals surface area contributed by atoms with Crippen molar-refractivity contribution in [2.24, 2.45) is 5.92 Å². The summed E-state index contributed by atoms with van der Waals surface area (Å²) in [4.78, 5) is 28.9. The van der Waals surface area contributed by atoms with Crippen molar-refractivity contribution in [3.05, 3.63) is 35.6 Å². The second-order valence-electron chi connectivity index (χ2n) is 6.30. The van der Waals surface area contributed by atoms with E-state index < -0.39 is 17.8 Å². The molecule has 6 heteroatoms. The van der Waals surface area contributed by atoms with Gasteiger partial charge in [0.1, 0.15) is 11.9 Å². The molecule has 1 N–H and O–H groups in total. The van der Waals surface area contributed by atoms with Crippen molar-refractivity contribution in [1.82, 2.24) is 15.1 Å². The number of hydrogen-bond donors (Lipinski definition) is 1. The monoisotopic (exact) mass is 321 g/mol. The molecule has 1 fully saturated rings. The van der Waals surface area contributed by atoms with Gasteiger partial charge in [-0.2, -0.15) is 0 Å². The lowest BCUT2D eigenvalue weighted by molar-refractivity contribution is -0.135. The molecule has 0 radical (unpaired) electrons. The van der Waals surface area contributed by atoms with Crippen molar-refractivity contribution in [2.45, 2.75) is 19.9 Å². The maximum Gasteiger partial charge on any atom is 0.254 e. The Morgan fingerprint density at radius 1 is 1.13 bits per heavy atom. The summed E-state index contributed by atoms with van der Waals surface area (Å²) in [6, 6.07) is 5.14. The summed E-state index contributed by atoms with van der Waals surface area (Å²) in [5, 5.41) is 2.70. The number of halogens is 1. The minimum atomic E-state index is -0.648. The lowest BCUT2D eigenvalue weighted by Gasteiger charge is -2.35. The van der Waals surface area contributed by atoms with Crippen LogP contribution in [-0.4, -0.2) is 60.9 Å². The first kappa shape index (κ1) is 17.4. The van der Waals surface area contributed by atoms with Crippen LogP contribution in [0.4, 0.5) is 4.39 Å². The van der Waals surface area contributed by atoms with Gasteiger partial charge in [-0.1, -0.05) is 26.0 Å². The van der Waals surface area contributed by atoms with E-state index in [0.717, 1.165) is 13.1 Å². The zero-order valence-corrected chi connectivity index (χ0v) is 13.9. The fourth-order valence-electron chi connectivity index (χ4n) is 2.60. The lowest BCUT2D eigenvalue weighted by atomic mass is 10.0. The van der Waals surface area contributed by atoms with Crippen LogP contribution in [0.25, 0.3) is 0 Å². The third-order valence-corrected chi connectivity index (χ3v) is 4.15. The minimum Gasteiger partial charge on any atom is -0.340 e. The third-order valence-electron chi connectivity index (χ3n) is 4.15. The molecule has 5 nitrogen and oxygen atoms in total. The molecule has 1 aromatic carbocycles. The molecule has 1 aromatic rings. The molecule has 0 spiro atoms. The van der Waals surface area contributed by atoms with Crippen molar-refractivity contribution in [3.8, 4) is 0 Å². The van der Waals surface area contributed by atoms with Crippen LogP contribution in [0, 0.1) is 11.7 Å². The molecule has 1 aliphatic heterocycles. The number of carbonyl (C=O) groups is 2. The molecule has 1 atom stereocenters. The largest absolute Gasteiger partial charge is 0.340 e. The predicted molar refractivity (Wildman–Crippen MR) is 86.6 cm³/mol. The van der Waals surface area contributed by atoms with Crippen LogP contribution < -0.4 is 5.32 Å². The Morgan fingerprint density at radius 3 is 2.30 bits per heavy atom. The van der Waals surface area contributed by atoms with Crippen molar-refractivity contribution < 1.29 is 14.0 Å². The highest BCUT2D eigenvalue weighted by Gasteiger charge is 2.30. The Morgan fingerprint density at radius 2 is 1.74 bits per heavy atom. The molecule has 23 heavy (non-hydrogen) atoms. The van der Waals surface area contributed by atoms with Crippen molar-refractivity contribution in [1.29, 1.82) is 0 Å². The molecule has 1 saturated heterocycles. The molecular formula is C17H24FN3O2. The number of benzene rings is 1. The first-order valence-corrected chi connectivity index (χ1v) is 7.93. The Balaban J connectivity index is 2.08. The van der Waals surface area contributed by atoms with Crippen molar-refractivity contribution >= 4 is 11.8 Å². The molecular weight excluding hydrogens is 297 g/mol. The molecule has 0 aliphatic carbocycles. The van der Waals surface area contributed by atoms with E-state index in [1.165, 1.54) is 18.2 Å². The standard InChI is InChI=1S/C17H24FN3O2/c1-12(2)15(17(23)21-10-8-20(3)9-11-21)19-16(22)13-6-4-5-7-14(13)18/h4-7,12,15H,8-11H2,1-3H3,(H,19,22). The number of hydrogen-bond acceptors (Lipinski definition) is 3. The van der Waals surface area contributed by atoms with E-state index in [1.807, 2.05) is 20.9 Å². The van der Waals surface area contributed by atoms with Crippen LogP contribution in [0.3, 0.4) is 0 Å². The van der Waals surface area contributed by atoms with Gasteiger partial charge in [0.25, 0.3) is 5.91 Å². The second-order valence-corrected chi connectivity index (χ2v) is 6.30. The summed E-state index contributed by atoms with van der Waals surface area (Å²) in [7, 11) is 2.02. The Bertz CT molecular complexity index is 569. The molecule has 1 aliphatic rings. The van der Waals surface area contributed by atoms with Gasteiger partial charge < -0.3 is 15.1 Å². The van der Waals surface area contributed by atoms with E-state index in [-0.39, 0.29) is 17.4 Å². The highest BCUT2D eigenvalue weighted by molar-refractivity contribution is 5.97. The van der Waals surface area contributed by atoms with E-state index in [4.69, 9.17) is 0 Å². The van der Waals surface area contributed by atoms with E-state index in [9.17, 15) is 14.0 Å². The average Bonchev–Trinajstić information content (AvgIpc) is 2.52. The highest BCUT2D eigenvalue weighted by Crippen LogP contribution is 2.12. The number of carbonyl (C=O) groups excluding carboxylic acids is 2. The lowest BCUT2D eigenvalue weighted by Crippen LogP contribution is -2.55. The van der Waals surface area contributed by atoms with E-state index in [2.05, 4.69) is 10.2 Å². The number of nitrogens with one attached hydrogen (secondary N) is 1. The number of nitrogens with zero attached hydrogens (tertiary/aromatic N) is 2. The van der Waals surface area contributed by atoms with Gasteiger partial charge in [0, 0.05) is 26.2 Å². The van der Waals surface area contributed by atoms with Crippen LogP contribution in [0.1, 0.15) is 24.2 Å². The predicted octanol–water partition coefficient (Wildman–Crippen LogP) is 1.35. The van der Waals surface area contributed by atoms with Gasteiger partial charge in [0.05, 0.1) is 5.56 Å². The van der Waals surface area contributed by atoms with E-state index in [0.29, 0.717) is 13.1 Å². The Kier molecular flexibility index (Phi) is 5.71. The van der Waals surface area contributed by atoms with Crippen LogP contribution in [0.15, 0.2) is 24.3 Å². The Hall–Kier alpha value is -1.95. The van der Waals surface area contributed by atoms with Gasteiger partial charge in [0.15, 0.2) is 0 Å². The highest BCUT2D eigenvalue weighted by atomic mass is 19.1. The maximum absolute atomic E-state index is 13.7. The zero-order valence-electron chi connectivity index (χ0n) is 13.9. The molecule has 0 saturated carbocycles. The summed E-state index contributed by atoms with van der Waals surface area (Å²) in [6.07, 6.45) is 0. The van der Waals surface area contributed by atoms with Crippen molar-refractivity contribution in [3.63, 3.8) is 0 Å². The van der Waals surface area contributed by atoms with E-state index in [1.54, 1.807) is 11.0 Å². The van der Waals surface area contributed by atoms with Crippen LogP contribution in [0.2, 0.25) is 0 Å². The summed E-state index contributed by atoms with van der Waals surface area (Å²) >= 11 is 0. The van der Waals surface area contributed by atoms with Crippen LogP contribution in [-0.2, 0) is 4.79 Å². The normalized spacial score (nSPS) is 17.2. The first-order chi connectivity index (χ1) is 10.9. The second kappa shape index (κ2) is 7.55. The number of amides is 2. The topological polar surface area (TPSA) is 52.7 Å². The first-order valence-electron chi connectivity index (χ1n) is 7.93. The SMILES string of the molecule is CC(C)C(NC(=O)c1ccccc1F)C(=O)N1CCN(C)CC1. The Labute approximate surface area is 136 Å². The van der Waals surface area contributed by atoms with Crippen molar-refractivity contribution in [2.75, 3.05) is 33.2 Å². The molecule has 2 amide bonds. The van der Waals surface area contributed by atoms with Gasteiger partial charge >= 0.3 is 0 Å². The molecule has 0 aromatic heterocycles. The zero-order chi connectivity index (χ0) is 17.0. The van der Waals surface area contributed by atoms with E-state index >= 15 is 0 Å². The van der Waals surface area contributed by atoms with Crippen LogP contribution in [0.5, 0.6) is 0 Å². The molecule has 126 valence electrons. The number of rotatable bonds is 4. The average molecular weight is 321 g/mol. The summed E-state index contributed by atoms with van der Waals surface area (Å²) in [5.41, 5.74) is -0.0377. The van der Waals surface area contributed by atoms with Gasteiger partial charge in [0.2, 0.25) is 5.91 Å². The minimum absolute atomic E-state index is 0.0377. The van der Waals surface area contributed by atoms with Gasteiger partial charge in [-0.25, -0.2) is 4.39 Å². The molecule has 1 unspecified atom stereocenters. The quantitative estimate of drug-likeness (QED) is 0.911.